The number of hydrogen-bond acceptors (Lipinski definition) is 4. The number of nitrogens with zero attached hydrogens (tertiary/aromatic N) is 1. The van der Waals surface area contributed by atoms with Gasteiger partial charge in [0.2, 0.25) is 0 Å². The highest BCUT2D eigenvalue weighted by Gasteiger charge is 2.33. The molecule has 1 N–H and O–H groups in total. The van der Waals surface area contributed by atoms with E-state index < -0.39 is 23.6 Å². The van der Waals surface area contributed by atoms with Crippen molar-refractivity contribution in [2.24, 2.45) is 0 Å². The van der Waals surface area contributed by atoms with Crippen LogP contribution in [0.2, 0.25) is 0 Å². The quantitative estimate of drug-likeness (QED) is 0.707. The summed E-state index contributed by atoms with van der Waals surface area (Å²) in [5, 5.41) is 2.55. The highest BCUT2D eigenvalue weighted by atomic mass is 19.3. The number of amides is 1. The SMILES string of the molecule is Cc1cc(OC(C)C)ccc1C(=O)C(C)(C)NC(=O)c1cccnc1C(F)F. The molecule has 1 heterocycles. The van der Waals surface area contributed by atoms with Crippen LogP contribution in [0.3, 0.4) is 0 Å². The van der Waals surface area contributed by atoms with Crippen molar-refractivity contribution in [2.45, 2.75) is 52.7 Å². The fourth-order valence-corrected chi connectivity index (χ4v) is 2.76. The number of carbonyl (C=O) groups excluding carboxylic acids is 2. The Morgan fingerprint density at radius 3 is 2.39 bits per heavy atom. The summed E-state index contributed by atoms with van der Waals surface area (Å²) in [4.78, 5) is 29.1. The zero-order valence-corrected chi connectivity index (χ0v) is 16.5. The molecule has 0 radical (unpaired) electrons. The van der Waals surface area contributed by atoms with Crippen LogP contribution < -0.4 is 10.1 Å². The predicted octanol–water partition coefficient (Wildman–Crippen LogP) is 4.51. The molecule has 0 saturated heterocycles. The molecule has 0 fully saturated rings. The number of hydrogen-bond donors (Lipinski definition) is 1. The molecule has 150 valence electrons. The Morgan fingerprint density at radius 1 is 1.14 bits per heavy atom. The van der Waals surface area contributed by atoms with Gasteiger partial charge in [0.1, 0.15) is 11.4 Å². The number of alkyl halides is 2. The lowest BCUT2D eigenvalue weighted by Crippen LogP contribution is -2.50. The van der Waals surface area contributed by atoms with Gasteiger partial charge >= 0.3 is 0 Å². The van der Waals surface area contributed by atoms with Gasteiger partial charge in [0.05, 0.1) is 17.2 Å². The molecule has 0 unspecified atom stereocenters. The summed E-state index contributed by atoms with van der Waals surface area (Å²) in [5.74, 6) is -0.473. The van der Waals surface area contributed by atoms with Crippen LogP contribution in [0.15, 0.2) is 36.5 Å². The summed E-state index contributed by atoms with van der Waals surface area (Å²) in [7, 11) is 0. The molecule has 0 atom stereocenters. The Kier molecular flexibility index (Phi) is 6.48. The lowest BCUT2D eigenvalue weighted by Gasteiger charge is -2.26. The molecule has 28 heavy (non-hydrogen) atoms. The molecular weight excluding hydrogens is 366 g/mol. The Morgan fingerprint density at radius 2 is 1.82 bits per heavy atom. The van der Waals surface area contributed by atoms with E-state index in [1.54, 1.807) is 25.1 Å². The molecule has 1 amide bonds. The van der Waals surface area contributed by atoms with Crippen molar-refractivity contribution in [3.8, 4) is 5.75 Å². The minimum absolute atomic E-state index is 0.000179. The van der Waals surface area contributed by atoms with Crippen molar-refractivity contribution in [2.75, 3.05) is 0 Å². The standard InChI is InChI=1S/C21H24F2N2O3/c1-12(2)28-14-8-9-15(13(3)11-14)18(26)21(4,5)25-20(27)16-7-6-10-24-17(16)19(22)23/h6-12,19H,1-5H3,(H,25,27). The second-order valence-electron chi connectivity index (χ2n) is 7.29. The van der Waals surface area contributed by atoms with Crippen LogP contribution in [0, 0.1) is 6.92 Å². The van der Waals surface area contributed by atoms with Crippen LogP contribution >= 0.6 is 0 Å². The van der Waals surface area contributed by atoms with Gasteiger partial charge in [-0.25, -0.2) is 8.78 Å². The van der Waals surface area contributed by atoms with Gasteiger partial charge < -0.3 is 10.1 Å². The maximum Gasteiger partial charge on any atom is 0.281 e. The average Bonchev–Trinajstić information content (AvgIpc) is 2.60. The third-order valence-electron chi connectivity index (χ3n) is 4.10. The summed E-state index contributed by atoms with van der Waals surface area (Å²) in [5.41, 5.74) is -1.07. The van der Waals surface area contributed by atoms with Gasteiger partial charge in [0, 0.05) is 11.8 Å². The molecule has 2 aromatic rings. The molecular formula is C21H24F2N2O3. The Balaban J connectivity index is 2.25. The van der Waals surface area contributed by atoms with Crippen molar-refractivity contribution in [3.63, 3.8) is 0 Å². The van der Waals surface area contributed by atoms with Crippen molar-refractivity contribution in [1.82, 2.24) is 10.3 Å². The van der Waals surface area contributed by atoms with Gasteiger partial charge in [-0.1, -0.05) is 0 Å². The van der Waals surface area contributed by atoms with Crippen LogP contribution in [0.4, 0.5) is 8.78 Å². The molecule has 0 aliphatic carbocycles. The maximum atomic E-state index is 13.1. The van der Waals surface area contributed by atoms with Crippen LogP contribution in [0.1, 0.15) is 66.1 Å². The third kappa shape index (κ3) is 4.91. The lowest BCUT2D eigenvalue weighted by atomic mass is 9.90. The fourth-order valence-electron chi connectivity index (χ4n) is 2.76. The maximum absolute atomic E-state index is 13.1. The summed E-state index contributed by atoms with van der Waals surface area (Å²) >= 11 is 0. The number of rotatable bonds is 7. The Labute approximate surface area is 163 Å². The highest BCUT2D eigenvalue weighted by Crippen LogP contribution is 2.24. The fraction of sp³-hybridized carbons (Fsp3) is 0.381. The van der Waals surface area contributed by atoms with Gasteiger partial charge in [0.15, 0.2) is 5.78 Å². The topological polar surface area (TPSA) is 68.3 Å². The van der Waals surface area contributed by atoms with E-state index in [2.05, 4.69) is 10.3 Å². The molecule has 7 heteroatoms. The van der Waals surface area contributed by atoms with E-state index in [-0.39, 0.29) is 17.5 Å². The number of benzene rings is 1. The van der Waals surface area contributed by atoms with Crippen LogP contribution in [-0.4, -0.2) is 28.3 Å². The normalized spacial score (nSPS) is 11.6. The van der Waals surface area contributed by atoms with Gasteiger partial charge in [-0.3, -0.25) is 14.6 Å². The number of carbonyl (C=O) groups is 2. The first-order chi connectivity index (χ1) is 13.0. The molecule has 2 rings (SSSR count). The van der Waals surface area contributed by atoms with E-state index in [0.29, 0.717) is 16.9 Å². The molecule has 1 aromatic carbocycles. The molecule has 0 bridgehead atoms. The monoisotopic (exact) mass is 390 g/mol. The van der Waals surface area contributed by atoms with E-state index >= 15 is 0 Å². The minimum atomic E-state index is -2.89. The Bertz CT molecular complexity index is 880. The molecule has 5 nitrogen and oxygen atoms in total. The van der Waals surface area contributed by atoms with E-state index in [4.69, 9.17) is 4.74 Å². The van der Waals surface area contributed by atoms with Crippen molar-refractivity contribution < 1.29 is 23.1 Å². The number of ketones is 1. The molecule has 0 saturated carbocycles. The first kappa shape index (κ1) is 21.5. The largest absolute Gasteiger partial charge is 0.491 e. The zero-order valence-electron chi connectivity index (χ0n) is 16.5. The summed E-state index contributed by atoms with van der Waals surface area (Å²) < 4.78 is 31.8. The van der Waals surface area contributed by atoms with E-state index in [1.165, 1.54) is 32.2 Å². The second kappa shape index (κ2) is 8.46. The number of ether oxygens (including phenoxy) is 1. The molecule has 0 aliphatic rings. The second-order valence-corrected chi connectivity index (χ2v) is 7.29. The molecule has 0 spiro atoms. The zero-order chi connectivity index (χ0) is 21.1. The Hall–Kier alpha value is -2.83. The van der Waals surface area contributed by atoms with Crippen LogP contribution in [0.25, 0.3) is 0 Å². The van der Waals surface area contributed by atoms with Crippen LogP contribution in [-0.2, 0) is 0 Å². The van der Waals surface area contributed by atoms with E-state index in [0.717, 1.165) is 0 Å². The van der Waals surface area contributed by atoms with Gasteiger partial charge in [0.25, 0.3) is 12.3 Å². The first-order valence-corrected chi connectivity index (χ1v) is 8.90. The molecule has 1 aromatic heterocycles. The number of Topliss-reactive ketones (excluding diaryl/α,β-unsaturated/α-hetero) is 1. The van der Waals surface area contributed by atoms with Gasteiger partial charge in [-0.15, -0.1) is 0 Å². The third-order valence-corrected chi connectivity index (χ3v) is 4.10. The lowest BCUT2D eigenvalue weighted by molar-refractivity contribution is 0.0791. The number of halogens is 2. The van der Waals surface area contributed by atoms with Crippen LogP contribution in [0.5, 0.6) is 5.75 Å². The summed E-state index contributed by atoms with van der Waals surface area (Å²) in [6, 6.07) is 7.73. The highest BCUT2D eigenvalue weighted by molar-refractivity contribution is 6.07. The van der Waals surface area contributed by atoms with Crippen molar-refractivity contribution in [1.29, 1.82) is 0 Å². The number of nitrogens with one attached hydrogen (secondary N) is 1. The summed E-state index contributed by atoms with van der Waals surface area (Å²) in [6.45, 7) is 8.64. The number of aryl methyl sites for hydroxylation is 1. The average molecular weight is 390 g/mol. The van der Waals surface area contributed by atoms with Crippen molar-refractivity contribution >= 4 is 11.7 Å². The van der Waals surface area contributed by atoms with E-state index in [1.807, 2.05) is 13.8 Å². The first-order valence-electron chi connectivity index (χ1n) is 8.90. The van der Waals surface area contributed by atoms with Crippen molar-refractivity contribution in [3.05, 3.63) is 58.9 Å². The smallest absolute Gasteiger partial charge is 0.281 e. The number of aromatic nitrogens is 1. The molecule has 0 aliphatic heterocycles. The number of pyridine rings is 1. The van der Waals surface area contributed by atoms with Gasteiger partial charge in [-0.05, 0) is 70.5 Å². The van der Waals surface area contributed by atoms with E-state index in [9.17, 15) is 18.4 Å². The minimum Gasteiger partial charge on any atom is -0.491 e. The summed E-state index contributed by atoms with van der Waals surface area (Å²) in [6.07, 6.45) is -1.70. The van der Waals surface area contributed by atoms with Gasteiger partial charge in [-0.2, -0.15) is 0 Å². The predicted molar refractivity (Wildman–Crippen MR) is 102 cm³/mol.